The normalized spacial score (nSPS) is 35.3. The Morgan fingerprint density at radius 1 is 1.06 bits per heavy atom. The van der Waals surface area contributed by atoms with E-state index < -0.39 is 0 Å². The Labute approximate surface area is 108 Å². The fraction of sp³-hybridized carbons (Fsp3) is 1.00. The summed E-state index contributed by atoms with van der Waals surface area (Å²) < 4.78 is 0. The molecule has 2 rings (SSSR count). The molecular formula is C16H31N. The predicted octanol–water partition coefficient (Wildman–Crippen LogP) is 4.23. The quantitative estimate of drug-likeness (QED) is 0.754. The zero-order chi connectivity index (χ0) is 12.1. The SMILES string of the molecule is CCCC1CCC(CNC)C(C2CCCC2)C1. The molecule has 100 valence electrons. The van der Waals surface area contributed by atoms with Crippen molar-refractivity contribution in [3.63, 3.8) is 0 Å². The van der Waals surface area contributed by atoms with Crippen LogP contribution in [0.1, 0.15) is 64.7 Å². The molecule has 1 nitrogen and oxygen atoms in total. The number of hydrogen-bond donors (Lipinski definition) is 1. The second kappa shape index (κ2) is 6.78. The van der Waals surface area contributed by atoms with Gasteiger partial charge in [-0.15, -0.1) is 0 Å². The van der Waals surface area contributed by atoms with Gasteiger partial charge < -0.3 is 5.32 Å². The van der Waals surface area contributed by atoms with Crippen molar-refractivity contribution < 1.29 is 0 Å². The number of hydrogen-bond acceptors (Lipinski definition) is 1. The van der Waals surface area contributed by atoms with Gasteiger partial charge in [0.05, 0.1) is 0 Å². The Morgan fingerprint density at radius 2 is 1.82 bits per heavy atom. The lowest BCUT2D eigenvalue weighted by molar-refractivity contribution is 0.116. The maximum absolute atomic E-state index is 3.44. The van der Waals surface area contributed by atoms with E-state index in [4.69, 9.17) is 0 Å². The van der Waals surface area contributed by atoms with Gasteiger partial charge >= 0.3 is 0 Å². The lowest BCUT2D eigenvalue weighted by atomic mass is 9.67. The van der Waals surface area contributed by atoms with E-state index in [9.17, 15) is 0 Å². The van der Waals surface area contributed by atoms with Crippen molar-refractivity contribution in [2.24, 2.45) is 23.7 Å². The van der Waals surface area contributed by atoms with Crippen LogP contribution in [-0.4, -0.2) is 13.6 Å². The molecule has 0 saturated heterocycles. The third-order valence-corrected chi connectivity index (χ3v) is 5.33. The van der Waals surface area contributed by atoms with Crippen molar-refractivity contribution in [2.75, 3.05) is 13.6 Å². The lowest BCUT2D eigenvalue weighted by Crippen LogP contribution is -2.35. The van der Waals surface area contributed by atoms with Crippen LogP contribution in [0.5, 0.6) is 0 Å². The van der Waals surface area contributed by atoms with Crippen molar-refractivity contribution in [1.29, 1.82) is 0 Å². The third kappa shape index (κ3) is 3.47. The molecule has 1 N–H and O–H groups in total. The predicted molar refractivity (Wildman–Crippen MR) is 75.1 cm³/mol. The Morgan fingerprint density at radius 3 is 2.47 bits per heavy atom. The van der Waals surface area contributed by atoms with Gasteiger partial charge in [-0.1, -0.05) is 51.9 Å². The van der Waals surface area contributed by atoms with Crippen molar-refractivity contribution in [1.82, 2.24) is 5.32 Å². The summed E-state index contributed by atoms with van der Waals surface area (Å²) in [5.41, 5.74) is 0. The highest BCUT2D eigenvalue weighted by Gasteiger charge is 2.35. The zero-order valence-electron chi connectivity index (χ0n) is 11.9. The highest BCUT2D eigenvalue weighted by atomic mass is 14.8. The average molecular weight is 237 g/mol. The standard InChI is InChI=1S/C16H31N/c1-3-6-13-9-10-15(12-17-2)16(11-13)14-7-4-5-8-14/h13-17H,3-12H2,1-2H3. The molecule has 2 saturated carbocycles. The fourth-order valence-electron chi connectivity index (χ4n) is 4.51. The van der Waals surface area contributed by atoms with Crippen LogP contribution in [0.15, 0.2) is 0 Å². The van der Waals surface area contributed by atoms with Gasteiger partial charge in [-0.2, -0.15) is 0 Å². The molecule has 0 aromatic rings. The van der Waals surface area contributed by atoms with E-state index in [1.165, 1.54) is 57.9 Å². The Bertz CT molecular complexity index is 208. The van der Waals surface area contributed by atoms with Crippen molar-refractivity contribution in [3.05, 3.63) is 0 Å². The van der Waals surface area contributed by atoms with Gasteiger partial charge in [0.2, 0.25) is 0 Å². The van der Waals surface area contributed by atoms with Crippen molar-refractivity contribution in [3.8, 4) is 0 Å². The smallest absolute Gasteiger partial charge is 0.00208 e. The van der Waals surface area contributed by atoms with Crippen LogP contribution in [0, 0.1) is 23.7 Å². The highest BCUT2D eigenvalue weighted by Crippen LogP contribution is 2.45. The Kier molecular flexibility index (Phi) is 5.34. The van der Waals surface area contributed by atoms with Crippen LogP contribution in [0.25, 0.3) is 0 Å². The van der Waals surface area contributed by atoms with Crippen LogP contribution in [0.4, 0.5) is 0 Å². The molecule has 0 aliphatic heterocycles. The largest absolute Gasteiger partial charge is 0.319 e. The third-order valence-electron chi connectivity index (χ3n) is 5.33. The summed E-state index contributed by atoms with van der Waals surface area (Å²) in [5.74, 6) is 4.16. The van der Waals surface area contributed by atoms with Gasteiger partial charge in [-0.05, 0) is 50.1 Å². The van der Waals surface area contributed by atoms with Crippen LogP contribution < -0.4 is 5.32 Å². The molecule has 0 bridgehead atoms. The topological polar surface area (TPSA) is 12.0 Å². The van der Waals surface area contributed by atoms with E-state index in [0.717, 1.165) is 23.7 Å². The molecule has 2 aliphatic rings. The molecular weight excluding hydrogens is 206 g/mol. The van der Waals surface area contributed by atoms with Gasteiger partial charge in [0.15, 0.2) is 0 Å². The van der Waals surface area contributed by atoms with Gasteiger partial charge in [0.1, 0.15) is 0 Å². The fourth-order valence-corrected chi connectivity index (χ4v) is 4.51. The van der Waals surface area contributed by atoms with Gasteiger partial charge in [0, 0.05) is 0 Å². The summed E-state index contributed by atoms with van der Waals surface area (Å²) in [5, 5.41) is 3.44. The van der Waals surface area contributed by atoms with Crippen LogP contribution in [0.3, 0.4) is 0 Å². The van der Waals surface area contributed by atoms with Crippen LogP contribution >= 0.6 is 0 Å². The first-order valence-corrected chi connectivity index (χ1v) is 7.99. The minimum absolute atomic E-state index is 0.983. The first-order valence-electron chi connectivity index (χ1n) is 7.99. The molecule has 0 amide bonds. The molecule has 2 aliphatic carbocycles. The molecule has 0 aromatic carbocycles. The number of rotatable bonds is 5. The molecule has 2 fully saturated rings. The van der Waals surface area contributed by atoms with Crippen LogP contribution in [-0.2, 0) is 0 Å². The van der Waals surface area contributed by atoms with Crippen molar-refractivity contribution >= 4 is 0 Å². The van der Waals surface area contributed by atoms with Crippen LogP contribution in [0.2, 0.25) is 0 Å². The van der Waals surface area contributed by atoms with Gasteiger partial charge in [-0.3, -0.25) is 0 Å². The Balaban J connectivity index is 1.93. The highest BCUT2D eigenvalue weighted by molar-refractivity contribution is 4.87. The Hall–Kier alpha value is -0.0400. The van der Waals surface area contributed by atoms with Gasteiger partial charge in [0.25, 0.3) is 0 Å². The monoisotopic (exact) mass is 237 g/mol. The van der Waals surface area contributed by atoms with E-state index in [-0.39, 0.29) is 0 Å². The summed E-state index contributed by atoms with van der Waals surface area (Å²) in [6.07, 6.45) is 13.5. The summed E-state index contributed by atoms with van der Waals surface area (Å²) >= 11 is 0. The molecule has 0 heterocycles. The lowest BCUT2D eigenvalue weighted by Gasteiger charge is -2.39. The van der Waals surface area contributed by atoms with E-state index in [2.05, 4.69) is 19.3 Å². The maximum Gasteiger partial charge on any atom is -0.00208 e. The summed E-state index contributed by atoms with van der Waals surface area (Å²) in [6.45, 7) is 3.62. The maximum atomic E-state index is 3.44. The van der Waals surface area contributed by atoms with E-state index >= 15 is 0 Å². The second-order valence-electron chi connectivity index (χ2n) is 6.49. The molecule has 17 heavy (non-hydrogen) atoms. The van der Waals surface area contributed by atoms with E-state index in [1.54, 1.807) is 6.42 Å². The zero-order valence-corrected chi connectivity index (χ0v) is 11.9. The van der Waals surface area contributed by atoms with Gasteiger partial charge in [-0.25, -0.2) is 0 Å². The molecule has 0 aromatic heterocycles. The number of nitrogens with one attached hydrogen (secondary N) is 1. The molecule has 3 atom stereocenters. The molecule has 0 radical (unpaired) electrons. The average Bonchev–Trinajstić information content (AvgIpc) is 2.85. The van der Waals surface area contributed by atoms with E-state index in [1.807, 2.05) is 0 Å². The minimum atomic E-state index is 0.983. The molecule has 0 spiro atoms. The molecule has 3 unspecified atom stereocenters. The summed E-state index contributed by atoms with van der Waals surface area (Å²) in [4.78, 5) is 0. The summed E-state index contributed by atoms with van der Waals surface area (Å²) in [6, 6.07) is 0. The van der Waals surface area contributed by atoms with Crippen molar-refractivity contribution in [2.45, 2.75) is 64.7 Å². The van der Waals surface area contributed by atoms with E-state index in [0.29, 0.717) is 0 Å². The minimum Gasteiger partial charge on any atom is -0.319 e. The summed E-state index contributed by atoms with van der Waals surface area (Å²) in [7, 11) is 2.13. The first kappa shape index (κ1) is 13.4. The molecule has 1 heteroatoms. The first-order chi connectivity index (χ1) is 8.35. The second-order valence-corrected chi connectivity index (χ2v) is 6.49.